The molecular weight excluding hydrogens is 394 g/mol. The molecule has 9 heteroatoms. The zero-order valence-corrected chi connectivity index (χ0v) is 18.2. The predicted molar refractivity (Wildman–Crippen MR) is 121 cm³/mol. The van der Waals surface area contributed by atoms with Crippen LogP contribution in [0.4, 0.5) is 11.8 Å². The third kappa shape index (κ3) is 4.50. The van der Waals surface area contributed by atoms with Crippen LogP contribution in [0, 0.1) is 6.92 Å². The Balaban J connectivity index is 1.36. The van der Waals surface area contributed by atoms with Gasteiger partial charge in [-0.25, -0.2) is 9.97 Å². The maximum atomic E-state index is 12.7. The molecule has 0 spiro atoms. The molecule has 3 aromatic rings. The average Bonchev–Trinajstić information content (AvgIpc) is 2.78. The number of piperazine rings is 1. The minimum atomic E-state index is -0.114. The van der Waals surface area contributed by atoms with E-state index in [1.54, 1.807) is 6.07 Å². The lowest BCUT2D eigenvalue weighted by atomic mass is 10.2. The number of nitrogens with zero attached hydrogens (tertiary/aromatic N) is 7. The van der Waals surface area contributed by atoms with Crippen molar-refractivity contribution < 1.29 is 4.79 Å². The number of aromatic nitrogens is 4. The Morgan fingerprint density at radius 3 is 2.58 bits per heavy atom. The van der Waals surface area contributed by atoms with Gasteiger partial charge in [-0.15, -0.1) is 0 Å². The summed E-state index contributed by atoms with van der Waals surface area (Å²) in [6.07, 6.45) is 1.79. The van der Waals surface area contributed by atoms with Crippen LogP contribution in [-0.4, -0.2) is 70.6 Å². The van der Waals surface area contributed by atoms with Crippen molar-refractivity contribution in [3.8, 4) is 0 Å². The smallest absolute Gasteiger partial charge is 0.261 e. The van der Waals surface area contributed by atoms with Crippen LogP contribution in [-0.2, 0) is 11.3 Å². The summed E-state index contributed by atoms with van der Waals surface area (Å²) in [7, 11) is 3.91. The number of fused-ring (bicyclic) bond motifs is 1. The monoisotopic (exact) mass is 421 g/mol. The van der Waals surface area contributed by atoms with Gasteiger partial charge >= 0.3 is 0 Å². The molecule has 2 aromatic heterocycles. The molecule has 1 fully saturated rings. The zero-order valence-electron chi connectivity index (χ0n) is 18.2. The van der Waals surface area contributed by atoms with Crippen LogP contribution in [0.5, 0.6) is 0 Å². The quantitative estimate of drug-likeness (QED) is 0.614. The van der Waals surface area contributed by atoms with Crippen LogP contribution < -0.4 is 15.4 Å². The summed E-state index contributed by atoms with van der Waals surface area (Å²) in [6, 6.07) is 9.19. The van der Waals surface area contributed by atoms with E-state index in [4.69, 9.17) is 0 Å². The molecule has 0 bridgehead atoms. The summed E-state index contributed by atoms with van der Waals surface area (Å²) in [6.45, 7) is 4.86. The highest BCUT2D eigenvalue weighted by molar-refractivity contribution is 5.77. The number of aryl methyl sites for hydroxylation is 2. The lowest BCUT2D eigenvalue weighted by molar-refractivity contribution is -0.131. The second-order valence-electron chi connectivity index (χ2n) is 7.94. The molecule has 0 saturated carbocycles. The number of anilines is 2. The van der Waals surface area contributed by atoms with Gasteiger partial charge in [0.2, 0.25) is 11.9 Å². The van der Waals surface area contributed by atoms with Crippen molar-refractivity contribution in [2.24, 2.45) is 0 Å². The SMILES string of the molecule is Cc1cc(N(C)C)nc(N2CCN(C(=O)CCn3cnc4ccccc4c3=O)CC2)n1. The number of rotatable bonds is 5. The fourth-order valence-electron chi connectivity index (χ4n) is 3.70. The standard InChI is InChI=1S/C22H27N7O2/c1-16-14-19(26(2)3)25-22(24-16)28-12-10-27(11-13-28)20(30)8-9-29-15-23-18-7-5-4-6-17(18)21(29)31/h4-7,14-15H,8-13H2,1-3H3. The normalized spacial score (nSPS) is 14.2. The van der Waals surface area contributed by atoms with E-state index in [1.165, 1.54) is 10.9 Å². The summed E-state index contributed by atoms with van der Waals surface area (Å²) < 4.78 is 1.51. The summed E-state index contributed by atoms with van der Waals surface area (Å²) in [5.41, 5.74) is 1.47. The Bertz CT molecular complexity index is 1150. The van der Waals surface area contributed by atoms with Gasteiger partial charge in [0.05, 0.1) is 17.2 Å². The van der Waals surface area contributed by atoms with Gasteiger partial charge in [-0.1, -0.05) is 12.1 Å². The second kappa shape index (κ2) is 8.71. The van der Waals surface area contributed by atoms with Gasteiger partial charge in [0.1, 0.15) is 5.82 Å². The molecule has 9 nitrogen and oxygen atoms in total. The van der Waals surface area contributed by atoms with Crippen molar-refractivity contribution in [1.29, 1.82) is 0 Å². The first-order valence-corrected chi connectivity index (χ1v) is 10.4. The van der Waals surface area contributed by atoms with Crippen LogP contribution in [0.15, 0.2) is 41.5 Å². The van der Waals surface area contributed by atoms with Crippen LogP contribution >= 0.6 is 0 Å². The number of para-hydroxylation sites is 1. The summed E-state index contributed by atoms with van der Waals surface area (Å²) in [4.78, 5) is 44.7. The van der Waals surface area contributed by atoms with Crippen LogP contribution in [0.25, 0.3) is 10.9 Å². The van der Waals surface area contributed by atoms with Gasteiger partial charge in [-0.2, -0.15) is 4.98 Å². The number of carbonyl (C=O) groups is 1. The van der Waals surface area contributed by atoms with E-state index in [9.17, 15) is 9.59 Å². The molecule has 1 aliphatic heterocycles. The maximum Gasteiger partial charge on any atom is 0.261 e. The van der Waals surface area contributed by atoms with E-state index in [0.29, 0.717) is 49.6 Å². The molecule has 31 heavy (non-hydrogen) atoms. The minimum absolute atomic E-state index is 0.0406. The number of hydrogen-bond donors (Lipinski definition) is 0. The van der Waals surface area contributed by atoms with Gasteiger partial charge in [0, 0.05) is 65.0 Å². The minimum Gasteiger partial charge on any atom is -0.363 e. The third-order valence-corrected chi connectivity index (χ3v) is 5.50. The van der Waals surface area contributed by atoms with E-state index in [0.717, 1.165) is 11.5 Å². The molecule has 162 valence electrons. The molecule has 3 heterocycles. The van der Waals surface area contributed by atoms with E-state index in [-0.39, 0.29) is 17.9 Å². The van der Waals surface area contributed by atoms with Gasteiger partial charge in [0.15, 0.2) is 0 Å². The van der Waals surface area contributed by atoms with Gasteiger partial charge < -0.3 is 14.7 Å². The molecule has 0 unspecified atom stereocenters. The fraction of sp³-hybridized carbons (Fsp3) is 0.409. The molecule has 1 aromatic carbocycles. The average molecular weight is 422 g/mol. The van der Waals surface area contributed by atoms with Crippen molar-refractivity contribution in [2.75, 3.05) is 50.1 Å². The van der Waals surface area contributed by atoms with Crippen molar-refractivity contribution in [3.05, 3.63) is 52.7 Å². The van der Waals surface area contributed by atoms with Crippen LogP contribution in [0.3, 0.4) is 0 Å². The molecule has 1 aliphatic rings. The first-order valence-electron chi connectivity index (χ1n) is 10.4. The first kappa shape index (κ1) is 20.8. The summed E-state index contributed by atoms with van der Waals surface area (Å²) in [5.74, 6) is 1.61. The number of carbonyl (C=O) groups excluding carboxylic acids is 1. The second-order valence-corrected chi connectivity index (χ2v) is 7.94. The number of benzene rings is 1. The number of amides is 1. The van der Waals surface area contributed by atoms with Gasteiger partial charge in [-0.3, -0.25) is 14.2 Å². The van der Waals surface area contributed by atoms with Crippen molar-refractivity contribution >= 4 is 28.6 Å². The Morgan fingerprint density at radius 2 is 1.84 bits per heavy atom. The van der Waals surface area contributed by atoms with Gasteiger partial charge in [-0.05, 0) is 19.1 Å². The largest absolute Gasteiger partial charge is 0.363 e. The lowest BCUT2D eigenvalue weighted by Gasteiger charge is -2.35. The van der Waals surface area contributed by atoms with E-state index >= 15 is 0 Å². The Kier molecular flexibility index (Phi) is 5.83. The summed E-state index contributed by atoms with van der Waals surface area (Å²) in [5, 5.41) is 0.571. The molecule has 0 radical (unpaired) electrons. The van der Waals surface area contributed by atoms with E-state index < -0.39 is 0 Å². The lowest BCUT2D eigenvalue weighted by Crippen LogP contribution is -2.49. The Hall–Kier alpha value is -3.49. The Morgan fingerprint density at radius 1 is 1.10 bits per heavy atom. The highest BCUT2D eigenvalue weighted by Gasteiger charge is 2.23. The maximum absolute atomic E-state index is 12.7. The highest BCUT2D eigenvalue weighted by atomic mass is 16.2. The zero-order chi connectivity index (χ0) is 22.0. The van der Waals surface area contributed by atoms with E-state index in [1.807, 2.05) is 55.1 Å². The molecule has 0 N–H and O–H groups in total. The molecule has 1 amide bonds. The van der Waals surface area contributed by atoms with Gasteiger partial charge in [0.25, 0.3) is 5.56 Å². The molecule has 4 rings (SSSR count). The topological polar surface area (TPSA) is 87.5 Å². The Labute approximate surface area is 181 Å². The summed E-state index contributed by atoms with van der Waals surface area (Å²) >= 11 is 0. The van der Waals surface area contributed by atoms with Crippen LogP contribution in [0.1, 0.15) is 12.1 Å². The molecular formula is C22H27N7O2. The van der Waals surface area contributed by atoms with Crippen molar-refractivity contribution in [3.63, 3.8) is 0 Å². The first-order chi connectivity index (χ1) is 14.9. The van der Waals surface area contributed by atoms with Crippen molar-refractivity contribution in [1.82, 2.24) is 24.4 Å². The molecule has 0 aliphatic carbocycles. The highest BCUT2D eigenvalue weighted by Crippen LogP contribution is 2.17. The molecule has 1 saturated heterocycles. The fourth-order valence-corrected chi connectivity index (χ4v) is 3.70. The molecule has 0 atom stereocenters. The van der Waals surface area contributed by atoms with E-state index in [2.05, 4.69) is 19.9 Å². The predicted octanol–water partition coefficient (Wildman–Crippen LogP) is 1.30. The number of hydrogen-bond acceptors (Lipinski definition) is 7. The van der Waals surface area contributed by atoms with Crippen molar-refractivity contribution in [2.45, 2.75) is 19.9 Å². The third-order valence-electron chi connectivity index (χ3n) is 5.50. The van der Waals surface area contributed by atoms with Crippen LogP contribution in [0.2, 0.25) is 0 Å².